The average Bonchev–Trinajstić information content (AvgIpc) is 2.56. The highest BCUT2D eigenvalue weighted by atomic mass is 14.7. The summed E-state index contributed by atoms with van der Waals surface area (Å²) >= 11 is 0. The smallest absolute Gasteiger partial charge is 0.0991 e. The molecule has 0 aliphatic carbocycles. The Labute approximate surface area is 118 Å². The first kappa shape index (κ1) is 12.1. The first-order valence-corrected chi connectivity index (χ1v) is 6.39. The second-order valence-corrected chi connectivity index (χ2v) is 4.48. The number of pyridine rings is 1. The Morgan fingerprint density at radius 2 is 1.55 bits per heavy atom. The minimum atomic E-state index is 0.676. The predicted molar refractivity (Wildman–Crippen MR) is 79.8 cm³/mol. The van der Waals surface area contributed by atoms with E-state index in [0.717, 1.165) is 22.4 Å². The highest BCUT2D eigenvalue weighted by Gasteiger charge is 2.02. The van der Waals surface area contributed by atoms with E-state index >= 15 is 0 Å². The molecule has 0 bridgehead atoms. The molecule has 2 heteroatoms. The van der Waals surface area contributed by atoms with Gasteiger partial charge in [-0.15, -0.1) is 0 Å². The first-order chi connectivity index (χ1) is 9.86. The number of rotatable bonds is 2. The van der Waals surface area contributed by atoms with Crippen LogP contribution in [0.2, 0.25) is 0 Å². The summed E-state index contributed by atoms with van der Waals surface area (Å²) in [5.41, 5.74) is 4.95. The van der Waals surface area contributed by atoms with E-state index in [-0.39, 0.29) is 0 Å². The van der Waals surface area contributed by atoms with Crippen LogP contribution in [0.3, 0.4) is 0 Å². The third-order valence-corrected chi connectivity index (χ3v) is 3.17. The van der Waals surface area contributed by atoms with Gasteiger partial charge in [-0.25, -0.2) is 0 Å². The van der Waals surface area contributed by atoms with Crippen molar-refractivity contribution in [3.05, 3.63) is 78.5 Å². The van der Waals surface area contributed by atoms with Crippen LogP contribution < -0.4 is 0 Å². The van der Waals surface area contributed by atoms with Gasteiger partial charge in [-0.1, -0.05) is 36.4 Å². The van der Waals surface area contributed by atoms with Gasteiger partial charge in [0.25, 0.3) is 0 Å². The Morgan fingerprint density at radius 1 is 0.750 bits per heavy atom. The van der Waals surface area contributed by atoms with Crippen LogP contribution in [-0.2, 0) is 0 Å². The zero-order valence-electron chi connectivity index (χ0n) is 10.8. The van der Waals surface area contributed by atoms with Gasteiger partial charge < -0.3 is 0 Å². The van der Waals surface area contributed by atoms with Gasteiger partial charge in [-0.05, 0) is 41.5 Å². The van der Waals surface area contributed by atoms with Crippen LogP contribution in [0.1, 0.15) is 5.56 Å². The standard InChI is InChI=1S/C18H12N2/c19-13-14-7-9-15(10-8-14)16-4-3-5-17(12-16)18-6-1-2-11-20-18/h1-12H. The highest BCUT2D eigenvalue weighted by Crippen LogP contribution is 2.25. The quantitative estimate of drug-likeness (QED) is 0.686. The summed E-state index contributed by atoms with van der Waals surface area (Å²) in [6.45, 7) is 0. The molecule has 0 fully saturated rings. The number of hydrogen-bond donors (Lipinski definition) is 0. The lowest BCUT2D eigenvalue weighted by molar-refractivity contribution is 1.33. The molecule has 0 radical (unpaired) electrons. The van der Waals surface area contributed by atoms with E-state index in [1.807, 2.05) is 48.5 Å². The van der Waals surface area contributed by atoms with Crippen LogP contribution in [0.15, 0.2) is 72.9 Å². The second kappa shape index (κ2) is 5.38. The van der Waals surface area contributed by atoms with Crippen LogP contribution in [0.5, 0.6) is 0 Å². The summed E-state index contributed by atoms with van der Waals surface area (Å²) in [5, 5.41) is 8.83. The second-order valence-electron chi connectivity index (χ2n) is 4.48. The Bertz CT molecular complexity index is 753. The van der Waals surface area contributed by atoms with Crippen molar-refractivity contribution < 1.29 is 0 Å². The summed E-state index contributed by atoms with van der Waals surface area (Å²) in [5.74, 6) is 0. The van der Waals surface area contributed by atoms with Crippen molar-refractivity contribution >= 4 is 0 Å². The van der Waals surface area contributed by atoms with E-state index < -0.39 is 0 Å². The van der Waals surface area contributed by atoms with Crippen LogP contribution in [0, 0.1) is 11.3 Å². The fourth-order valence-corrected chi connectivity index (χ4v) is 2.13. The van der Waals surface area contributed by atoms with Crippen molar-refractivity contribution in [1.82, 2.24) is 4.98 Å². The van der Waals surface area contributed by atoms with E-state index in [9.17, 15) is 0 Å². The Morgan fingerprint density at radius 3 is 2.25 bits per heavy atom. The van der Waals surface area contributed by atoms with Gasteiger partial charge in [0, 0.05) is 11.8 Å². The third kappa shape index (κ3) is 2.43. The number of nitrogens with zero attached hydrogens (tertiary/aromatic N) is 2. The van der Waals surface area contributed by atoms with E-state index in [1.165, 1.54) is 0 Å². The molecule has 1 heterocycles. The molecule has 20 heavy (non-hydrogen) atoms. The number of benzene rings is 2. The molecule has 0 saturated heterocycles. The summed E-state index contributed by atoms with van der Waals surface area (Å²) in [6, 6.07) is 23.9. The van der Waals surface area contributed by atoms with E-state index in [2.05, 4.69) is 29.3 Å². The number of aromatic nitrogens is 1. The molecule has 0 spiro atoms. The topological polar surface area (TPSA) is 36.7 Å². The Kier molecular flexibility index (Phi) is 3.26. The minimum Gasteiger partial charge on any atom is -0.256 e. The first-order valence-electron chi connectivity index (χ1n) is 6.39. The molecule has 0 unspecified atom stereocenters. The molecule has 0 saturated carbocycles. The highest BCUT2D eigenvalue weighted by molar-refractivity contribution is 5.71. The molecular formula is C18H12N2. The molecule has 0 atom stereocenters. The fraction of sp³-hybridized carbons (Fsp3) is 0. The predicted octanol–water partition coefficient (Wildman–Crippen LogP) is 4.29. The van der Waals surface area contributed by atoms with Crippen molar-refractivity contribution in [2.24, 2.45) is 0 Å². The monoisotopic (exact) mass is 256 g/mol. The zero-order valence-corrected chi connectivity index (χ0v) is 10.8. The SMILES string of the molecule is N#Cc1ccc(-c2cccc(-c3ccccn3)c2)cc1. The van der Waals surface area contributed by atoms with Crippen molar-refractivity contribution in [2.45, 2.75) is 0 Å². The molecule has 3 aromatic rings. The Hall–Kier alpha value is -2.92. The molecule has 2 nitrogen and oxygen atoms in total. The van der Waals surface area contributed by atoms with E-state index in [4.69, 9.17) is 5.26 Å². The molecule has 2 aromatic carbocycles. The summed E-state index contributed by atoms with van der Waals surface area (Å²) < 4.78 is 0. The average molecular weight is 256 g/mol. The summed E-state index contributed by atoms with van der Waals surface area (Å²) in [7, 11) is 0. The van der Waals surface area contributed by atoms with Crippen LogP contribution >= 0.6 is 0 Å². The lowest BCUT2D eigenvalue weighted by Gasteiger charge is -2.05. The molecular weight excluding hydrogens is 244 g/mol. The van der Waals surface area contributed by atoms with Crippen LogP contribution in [0.4, 0.5) is 0 Å². The number of hydrogen-bond acceptors (Lipinski definition) is 2. The summed E-state index contributed by atoms with van der Waals surface area (Å²) in [6.07, 6.45) is 1.80. The largest absolute Gasteiger partial charge is 0.256 e. The maximum absolute atomic E-state index is 8.83. The van der Waals surface area contributed by atoms with Gasteiger partial charge in [0.05, 0.1) is 17.3 Å². The van der Waals surface area contributed by atoms with E-state index in [0.29, 0.717) is 5.56 Å². The minimum absolute atomic E-state index is 0.676. The maximum Gasteiger partial charge on any atom is 0.0991 e. The molecule has 94 valence electrons. The van der Waals surface area contributed by atoms with Gasteiger partial charge in [0.15, 0.2) is 0 Å². The molecule has 0 aliphatic rings. The molecule has 3 rings (SSSR count). The van der Waals surface area contributed by atoms with Crippen LogP contribution in [-0.4, -0.2) is 4.98 Å². The van der Waals surface area contributed by atoms with Gasteiger partial charge >= 0.3 is 0 Å². The van der Waals surface area contributed by atoms with Gasteiger partial charge in [-0.3, -0.25) is 4.98 Å². The van der Waals surface area contributed by atoms with Crippen molar-refractivity contribution in [3.8, 4) is 28.5 Å². The normalized spacial score (nSPS) is 9.95. The van der Waals surface area contributed by atoms with Crippen LogP contribution in [0.25, 0.3) is 22.4 Å². The lowest BCUT2D eigenvalue weighted by Crippen LogP contribution is -1.84. The number of nitriles is 1. The van der Waals surface area contributed by atoms with Gasteiger partial charge in [0.1, 0.15) is 0 Å². The van der Waals surface area contributed by atoms with Crippen molar-refractivity contribution in [1.29, 1.82) is 5.26 Å². The lowest BCUT2D eigenvalue weighted by atomic mass is 10.0. The molecule has 0 N–H and O–H groups in total. The maximum atomic E-state index is 8.83. The van der Waals surface area contributed by atoms with Crippen molar-refractivity contribution in [3.63, 3.8) is 0 Å². The molecule has 1 aromatic heterocycles. The molecule has 0 aliphatic heterocycles. The summed E-state index contributed by atoms with van der Waals surface area (Å²) in [4.78, 5) is 4.37. The third-order valence-electron chi connectivity index (χ3n) is 3.17. The Balaban J connectivity index is 2.01. The van der Waals surface area contributed by atoms with Crippen molar-refractivity contribution in [2.75, 3.05) is 0 Å². The van der Waals surface area contributed by atoms with Gasteiger partial charge in [-0.2, -0.15) is 5.26 Å². The fourth-order valence-electron chi connectivity index (χ4n) is 2.13. The van der Waals surface area contributed by atoms with E-state index in [1.54, 1.807) is 6.20 Å². The van der Waals surface area contributed by atoms with Gasteiger partial charge in [0.2, 0.25) is 0 Å². The zero-order chi connectivity index (χ0) is 13.8. The molecule has 0 amide bonds.